The first-order chi connectivity index (χ1) is 8.68. The molecule has 18 heavy (non-hydrogen) atoms. The minimum Gasteiger partial charge on any atom is -0.376 e. The van der Waals surface area contributed by atoms with Gasteiger partial charge in [0, 0.05) is 19.5 Å². The van der Waals surface area contributed by atoms with Gasteiger partial charge in [-0.15, -0.1) is 0 Å². The van der Waals surface area contributed by atoms with Gasteiger partial charge in [0.05, 0.1) is 11.6 Å². The van der Waals surface area contributed by atoms with Gasteiger partial charge in [0.1, 0.15) is 0 Å². The van der Waals surface area contributed by atoms with E-state index in [-0.39, 0.29) is 11.6 Å². The van der Waals surface area contributed by atoms with Gasteiger partial charge in [-0.2, -0.15) is 0 Å². The van der Waals surface area contributed by atoms with Crippen LogP contribution in [0, 0.1) is 6.92 Å². The summed E-state index contributed by atoms with van der Waals surface area (Å²) in [5, 5.41) is 0. The topological polar surface area (TPSA) is 48.1 Å². The molecule has 3 nitrogen and oxygen atoms in total. The van der Waals surface area contributed by atoms with Crippen molar-refractivity contribution in [2.24, 2.45) is 5.73 Å². The lowest BCUT2D eigenvalue weighted by molar-refractivity contribution is -0.0443. The normalized spacial score (nSPS) is 21.3. The van der Waals surface area contributed by atoms with Crippen LogP contribution >= 0.6 is 0 Å². The van der Waals surface area contributed by atoms with E-state index in [1.807, 2.05) is 12.4 Å². The summed E-state index contributed by atoms with van der Waals surface area (Å²) >= 11 is 0. The van der Waals surface area contributed by atoms with Crippen LogP contribution in [0.25, 0.3) is 0 Å². The van der Waals surface area contributed by atoms with Gasteiger partial charge in [0.2, 0.25) is 0 Å². The number of aryl methyl sites for hydroxylation is 1. The summed E-state index contributed by atoms with van der Waals surface area (Å²) in [4.78, 5) is 4.25. The average molecular weight is 248 g/mol. The van der Waals surface area contributed by atoms with Crippen LogP contribution in [0.1, 0.15) is 55.7 Å². The summed E-state index contributed by atoms with van der Waals surface area (Å²) < 4.78 is 5.86. The summed E-state index contributed by atoms with van der Waals surface area (Å²) in [6.07, 6.45) is 10.9. The van der Waals surface area contributed by atoms with E-state index in [4.69, 9.17) is 10.5 Å². The van der Waals surface area contributed by atoms with E-state index in [1.165, 1.54) is 25.7 Å². The van der Waals surface area contributed by atoms with E-state index in [9.17, 15) is 0 Å². The highest BCUT2D eigenvalue weighted by atomic mass is 16.5. The Kier molecular flexibility index (Phi) is 4.36. The fourth-order valence-electron chi connectivity index (χ4n) is 3.02. The van der Waals surface area contributed by atoms with Gasteiger partial charge in [-0.25, -0.2) is 0 Å². The molecular weight excluding hydrogens is 224 g/mol. The molecule has 1 atom stereocenters. The zero-order chi connectivity index (χ0) is 13.0. The first-order valence-corrected chi connectivity index (χ1v) is 6.90. The zero-order valence-electron chi connectivity index (χ0n) is 11.5. The Bertz CT molecular complexity index is 384. The van der Waals surface area contributed by atoms with Crippen LogP contribution in [0.3, 0.4) is 0 Å². The number of nitrogens with zero attached hydrogens (tertiary/aromatic N) is 1. The van der Waals surface area contributed by atoms with Crippen LogP contribution in [0.5, 0.6) is 0 Å². The number of pyridine rings is 1. The fourth-order valence-corrected chi connectivity index (χ4v) is 3.02. The molecule has 0 amide bonds. The zero-order valence-corrected chi connectivity index (χ0v) is 11.5. The average Bonchev–Trinajstić information content (AvgIpc) is 2.64. The first kappa shape index (κ1) is 13.5. The molecule has 0 bridgehead atoms. The third-order valence-corrected chi connectivity index (χ3v) is 4.18. The molecule has 1 saturated carbocycles. The van der Waals surface area contributed by atoms with E-state index >= 15 is 0 Å². The van der Waals surface area contributed by atoms with Crippen molar-refractivity contribution in [3.05, 3.63) is 29.6 Å². The van der Waals surface area contributed by atoms with Crippen LogP contribution in [0.2, 0.25) is 0 Å². The Morgan fingerprint density at radius 3 is 2.44 bits per heavy atom. The largest absolute Gasteiger partial charge is 0.376 e. The Morgan fingerprint density at radius 1 is 1.22 bits per heavy atom. The molecule has 1 aliphatic rings. The minimum atomic E-state index is -0.202. The van der Waals surface area contributed by atoms with Crippen molar-refractivity contribution in [1.29, 1.82) is 0 Å². The van der Waals surface area contributed by atoms with Crippen molar-refractivity contribution in [1.82, 2.24) is 4.98 Å². The second kappa shape index (κ2) is 5.81. The smallest absolute Gasteiger partial charge is 0.0870 e. The lowest BCUT2D eigenvalue weighted by Gasteiger charge is -2.37. The lowest BCUT2D eigenvalue weighted by Crippen LogP contribution is -2.42. The predicted molar refractivity (Wildman–Crippen MR) is 73.3 cm³/mol. The van der Waals surface area contributed by atoms with Crippen molar-refractivity contribution in [3.8, 4) is 0 Å². The molecule has 0 aromatic carbocycles. The van der Waals surface area contributed by atoms with Gasteiger partial charge in [-0.3, -0.25) is 4.98 Å². The molecule has 0 radical (unpaired) electrons. The molecular formula is C15H24N2O. The molecule has 1 aromatic heterocycles. The van der Waals surface area contributed by atoms with Crippen molar-refractivity contribution >= 4 is 0 Å². The Labute approximate surface area is 110 Å². The molecule has 1 aromatic rings. The summed E-state index contributed by atoms with van der Waals surface area (Å²) in [7, 11) is 1.80. The molecule has 1 heterocycles. The second-order valence-electron chi connectivity index (χ2n) is 5.46. The molecule has 1 unspecified atom stereocenters. The molecule has 0 aliphatic heterocycles. The molecule has 2 N–H and O–H groups in total. The van der Waals surface area contributed by atoms with Gasteiger partial charge in [-0.1, -0.05) is 31.7 Å². The van der Waals surface area contributed by atoms with Crippen molar-refractivity contribution in [3.63, 3.8) is 0 Å². The third kappa shape index (κ3) is 2.73. The van der Waals surface area contributed by atoms with Crippen LogP contribution in [0.4, 0.5) is 0 Å². The summed E-state index contributed by atoms with van der Waals surface area (Å²) in [5.41, 5.74) is 8.54. The van der Waals surface area contributed by atoms with Crippen LogP contribution in [-0.4, -0.2) is 17.7 Å². The quantitative estimate of drug-likeness (QED) is 0.836. The van der Waals surface area contributed by atoms with E-state index in [2.05, 4.69) is 18.0 Å². The number of methoxy groups -OCH3 is 1. The third-order valence-electron chi connectivity index (χ3n) is 4.18. The fraction of sp³-hybridized carbons (Fsp3) is 0.667. The molecule has 3 heteroatoms. The number of hydrogen-bond acceptors (Lipinski definition) is 3. The standard InChI is InChI=1S/C15H24N2O/c1-12-9-13(11-17-10-12)14(16)15(18-2)7-5-3-4-6-8-15/h9-11,14H,3-8,16H2,1-2H3. The summed E-state index contributed by atoms with van der Waals surface area (Å²) in [5.74, 6) is 0. The molecule has 2 rings (SSSR count). The number of aromatic nitrogens is 1. The Balaban J connectivity index is 2.25. The maximum atomic E-state index is 6.49. The van der Waals surface area contributed by atoms with E-state index in [0.717, 1.165) is 24.0 Å². The van der Waals surface area contributed by atoms with E-state index in [0.29, 0.717) is 0 Å². The van der Waals surface area contributed by atoms with Gasteiger partial charge in [-0.05, 0) is 30.9 Å². The van der Waals surface area contributed by atoms with Crippen molar-refractivity contribution in [2.75, 3.05) is 7.11 Å². The van der Waals surface area contributed by atoms with Gasteiger partial charge in [0.15, 0.2) is 0 Å². The lowest BCUT2D eigenvalue weighted by atomic mass is 9.83. The minimum absolute atomic E-state index is 0.0759. The number of rotatable bonds is 3. The SMILES string of the molecule is COC1(C(N)c2cncc(C)c2)CCCCCC1. The van der Waals surface area contributed by atoms with Crippen molar-refractivity contribution in [2.45, 2.75) is 57.1 Å². The van der Waals surface area contributed by atoms with Crippen LogP contribution in [-0.2, 0) is 4.74 Å². The summed E-state index contributed by atoms with van der Waals surface area (Å²) in [6.45, 7) is 2.05. The van der Waals surface area contributed by atoms with Gasteiger partial charge in [0.25, 0.3) is 0 Å². The van der Waals surface area contributed by atoms with Gasteiger partial charge >= 0.3 is 0 Å². The molecule has 1 fully saturated rings. The maximum Gasteiger partial charge on any atom is 0.0870 e. The predicted octanol–water partition coefficient (Wildman–Crippen LogP) is 3.13. The molecule has 0 saturated heterocycles. The number of ether oxygens (including phenoxy) is 1. The highest BCUT2D eigenvalue weighted by molar-refractivity contribution is 5.23. The van der Waals surface area contributed by atoms with Crippen LogP contribution < -0.4 is 5.73 Å². The first-order valence-electron chi connectivity index (χ1n) is 6.90. The maximum absolute atomic E-state index is 6.49. The summed E-state index contributed by atoms with van der Waals surface area (Å²) in [6, 6.07) is 2.05. The van der Waals surface area contributed by atoms with Crippen molar-refractivity contribution < 1.29 is 4.74 Å². The highest BCUT2D eigenvalue weighted by Gasteiger charge is 2.38. The number of hydrogen-bond donors (Lipinski definition) is 1. The number of nitrogens with two attached hydrogens (primary N) is 1. The monoisotopic (exact) mass is 248 g/mol. The molecule has 1 aliphatic carbocycles. The molecule has 100 valence electrons. The van der Waals surface area contributed by atoms with Gasteiger partial charge < -0.3 is 10.5 Å². The van der Waals surface area contributed by atoms with E-state index < -0.39 is 0 Å². The van der Waals surface area contributed by atoms with Crippen LogP contribution in [0.15, 0.2) is 18.5 Å². The second-order valence-corrected chi connectivity index (χ2v) is 5.46. The molecule has 0 spiro atoms. The van der Waals surface area contributed by atoms with E-state index in [1.54, 1.807) is 7.11 Å². The Hall–Kier alpha value is -0.930. The highest BCUT2D eigenvalue weighted by Crippen LogP contribution is 2.38. The Morgan fingerprint density at radius 2 is 1.89 bits per heavy atom.